The minimum absolute atomic E-state index is 0.334. The number of carbonyl (C=O) groups is 2. The van der Waals surface area contributed by atoms with Gasteiger partial charge in [-0.15, -0.1) is 0 Å². The molecule has 0 bridgehead atoms. The van der Waals surface area contributed by atoms with Gasteiger partial charge in [0.2, 0.25) is 12.3 Å². The lowest BCUT2D eigenvalue weighted by Gasteiger charge is -2.13. The van der Waals surface area contributed by atoms with Crippen LogP contribution in [0.15, 0.2) is 0 Å². The Hall–Kier alpha value is -1.10. The van der Waals surface area contributed by atoms with E-state index < -0.39 is 6.04 Å². The lowest BCUT2D eigenvalue weighted by molar-refractivity contribution is -0.126. The molecule has 3 N–H and O–H groups in total. The van der Waals surface area contributed by atoms with Crippen LogP contribution in [0.4, 0.5) is 0 Å². The molecule has 5 nitrogen and oxygen atoms in total. The highest BCUT2D eigenvalue weighted by Crippen LogP contribution is 2.04. The number of rotatable bonds is 9. The number of hydrogen-bond acceptors (Lipinski definition) is 3. The summed E-state index contributed by atoms with van der Waals surface area (Å²) in [7, 11) is 0. The second-order valence-corrected chi connectivity index (χ2v) is 4.20. The van der Waals surface area contributed by atoms with Crippen molar-refractivity contribution in [2.75, 3.05) is 13.2 Å². The third-order valence-electron chi connectivity index (χ3n) is 2.28. The van der Waals surface area contributed by atoms with Gasteiger partial charge in [0, 0.05) is 6.54 Å². The van der Waals surface area contributed by atoms with Crippen LogP contribution in [0, 0.1) is 5.92 Å². The van der Waals surface area contributed by atoms with Crippen molar-refractivity contribution in [1.29, 1.82) is 0 Å². The van der Waals surface area contributed by atoms with Crippen LogP contribution in [-0.2, 0) is 9.59 Å². The maximum Gasteiger partial charge on any atom is 0.244 e. The van der Waals surface area contributed by atoms with E-state index in [0.717, 1.165) is 19.3 Å². The second-order valence-electron chi connectivity index (χ2n) is 4.20. The van der Waals surface area contributed by atoms with Gasteiger partial charge in [-0.25, -0.2) is 0 Å². The molecule has 0 saturated carbocycles. The van der Waals surface area contributed by atoms with Crippen LogP contribution in [0.25, 0.3) is 0 Å². The first-order chi connectivity index (χ1) is 7.61. The molecule has 0 aliphatic heterocycles. The SMILES string of the molecule is CC(C)CCCCNC(=O)C(CO)NC=O. The van der Waals surface area contributed by atoms with Crippen LogP contribution < -0.4 is 10.6 Å². The maximum absolute atomic E-state index is 11.4. The van der Waals surface area contributed by atoms with Crippen molar-refractivity contribution in [3.8, 4) is 0 Å². The summed E-state index contributed by atoms with van der Waals surface area (Å²) in [5.74, 6) is 0.344. The molecular formula is C11H22N2O3. The Balaban J connectivity index is 3.59. The van der Waals surface area contributed by atoms with E-state index in [4.69, 9.17) is 5.11 Å². The summed E-state index contributed by atoms with van der Waals surface area (Å²) < 4.78 is 0. The molecule has 0 rings (SSSR count). The highest BCUT2D eigenvalue weighted by Gasteiger charge is 2.14. The normalized spacial score (nSPS) is 12.2. The van der Waals surface area contributed by atoms with Gasteiger partial charge in [0.1, 0.15) is 6.04 Å². The van der Waals surface area contributed by atoms with Crippen LogP contribution in [-0.4, -0.2) is 36.6 Å². The largest absolute Gasteiger partial charge is 0.394 e. The topological polar surface area (TPSA) is 78.4 Å². The molecule has 1 unspecified atom stereocenters. The molecule has 5 heteroatoms. The number of amides is 2. The van der Waals surface area contributed by atoms with Crippen molar-refractivity contribution in [1.82, 2.24) is 10.6 Å². The lowest BCUT2D eigenvalue weighted by atomic mass is 10.1. The van der Waals surface area contributed by atoms with Gasteiger partial charge in [0.25, 0.3) is 0 Å². The standard InChI is InChI=1S/C11H22N2O3/c1-9(2)5-3-4-6-12-11(16)10(7-14)13-8-15/h8-10,14H,3-7H2,1-2H3,(H,12,16)(H,13,15). The zero-order valence-corrected chi connectivity index (χ0v) is 10.0. The third-order valence-corrected chi connectivity index (χ3v) is 2.28. The van der Waals surface area contributed by atoms with Crippen molar-refractivity contribution in [3.63, 3.8) is 0 Å². The molecule has 0 aromatic heterocycles. The summed E-state index contributed by atoms with van der Waals surface area (Å²) in [5.41, 5.74) is 0. The van der Waals surface area contributed by atoms with Crippen molar-refractivity contribution in [3.05, 3.63) is 0 Å². The highest BCUT2D eigenvalue weighted by molar-refractivity contribution is 5.83. The summed E-state index contributed by atoms with van der Waals surface area (Å²) in [5, 5.41) is 13.7. The minimum atomic E-state index is -0.831. The fourth-order valence-electron chi connectivity index (χ4n) is 1.31. The Morgan fingerprint density at radius 3 is 2.56 bits per heavy atom. The zero-order valence-electron chi connectivity index (χ0n) is 10.0. The van der Waals surface area contributed by atoms with E-state index in [0.29, 0.717) is 18.9 Å². The first kappa shape index (κ1) is 14.9. The second kappa shape index (κ2) is 9.15. The summed E-state index contributed by atoms with van der Waals surface area (Å²) >= 11 is 0. The summed E-state index contributed by atoms with van der Waals surface area (Å²) in [6.45, 7) is 4.53. The molecule has 0 radical (unpaired) electrons. The number of nitrogens with one attached hydrogen (secondary N) is 2. The van der Waals surface area contributed by atoms with Crippen LogP contribution in [0.3, 0.4) is 0 Å². The van der Waals surface area contributed by atoms with Gasteiger partial charge < -0.3 is 15.7 Å². The number of aliphatic hydroxyl groups excluding tert-OH is 1. The smallest absolute Gasteiger partial charge is 0.244 e. The molecule has 0 fully saturated rings. The maximum atomic E-state index is 11.4. The van der Waals surface area contributed by atoms with Gasteiger partial charge in [0.05, 0.1) is 6.61 Å². The van der Waals surface area contributed by atoms with E-state index in [-0.39, 0.29) is 12.5 Å². The molecule has 0 aromatic carbocycles. The molecule has 0 aromatic rings. The molecule has 0 spiro atoms. The molecule has 16 heavy (non-hydrogen) atoms. The molecular weight excluding hydrogens is 208 g/mol. The summed E-state index contributed by atoms with van der Waals surface area (Å²) in [6, 6.07) is -0.831. The molecule has 0 aliphatic rings. The molecule has 1 atom stereocenters. The zero-order chi connectivity index (χ0) is 12.4. The average molecular weight is 230 g/mol. The van der Waals surface area contributed by atoms with Crippen LogP contribution >= 0.6 is 0 Å². The van der Waals surface area contributed by atoms with Gasteiger partial charge in [-0.2, -0.15) is 0 Å². The van der Waals surface area contributed by atoms with E-state index in [9.17, 15) is 9.59 Å². The summed E-state index contributed by atoms with van der Waals surface area (Å²) in [6.07, 6.45) is 3.55. The summed E-state index contributed by atoms with van der Waals surface area (Å²) in [4.78, 5) is 21.5. The van der Waals surface area contributed by atoms with E-state index in [1.165, 1.54) is 0 Å². The predicted molar refractivity (Wildman–Crippen MR) is 61.8 cm³/mol. The predicted octanol–water partition coefficient (Wildman–Crippen LogP) is 0.0358. The third kappa shape index (κ3) is 7.23. The number of hydrogen-bond donors (Lipinski definition) is 3. The molecule has 0 heterocycles. The minimum Gasteiger partial charge on any atom is -0.394 e. The van der Waals surface area contributed by atoms with E-state index >= 15 is 0 Å². The first-order valence-electron chi connectivity index (χ1n) is 5.70. The van der Waals surface area contributed by atoms with Crippen molar-refractivity contribution in [2.24, 2.45) is 5.92 Å². The monoisotopic (exact) mass is 230 g/mol. The quantitative estimate of drug-likeness (QED) is 0.386. The van der Waals surface area contributed by atoms with Crippen molar-refractivity contribution >= 4 is 12.3 Å². The van der Waals surface area contributed by atoms with Crippen molar-refractivity contribution < 1.29 is 14.7 Å². The van der Waals surface area contributed by atoms with E-state index in [1.807, 2.05) is 0 Å². The van der Waals surface area contributed by atoms with Crippen molar-refractivity contribution in [2.45, 2.75) is 39.2 Å². The van der Waals surface area contributed by atoms with Gasteiger partial charge in [-0.05, 0) is 12.3 Å². The average Bonchev–Trinajstić information content (AvgIpc) is 2.24. The Kier molecular flexibility index (Phi) is 8.52. The fraction of sp³-hybridized carbons (Fsp3) is 0.818. The Bertz CT molecular complexity index is 207. The Morgan fingerprint density at radius 2 is 2.06 bits per heavy atom. The highest BCUT2D eigenvalue weighted by atomic mass is 16.3. The Morgan fingerprint density at radius 1 is 1.38 bits per heavy atom. The fourth-order valence-corrected chi connectivity index (χ4v) is 1.31. The Labute approximate surface area is 96.6 Å². The molecule has 2 amide bonds. The number of aliphatic hydroxyl groups is 1. The van der Waals surface area contributed by atoms with Crippen LogP contribution in [0.5, 0.6) is 0 Å². The lowest BCUT2D eigenvalue weighted by Crippen LogP contribution is -2.46. The molecule has 0 saturated heterocycles. The van der Waals surface area contributed by atoms with Gasteiger partial charge in [0.15, 0.2) is 0 Å². The molecule has 94 valence electrons. The van der Waals surface area contributed by atoms with Gasteiger partial charge >= 0.3 is 0 Å². The first-order valence-corrected chi connectivity index (χ1v) is 5.70. The van der Waals surface area contributed by atoms with Gasteiger partial charge in [-0.1, -0.05) is 26.7 Å². The van der Waals surface area contributed by atoms with E-state index in [1.54, 1.807) is 0 Å². The van der Waals surface area contributed by atoms with Gasteiger partial charge in [-0.3, -0.25) is 9.59 Å². The number of carbonyl (C=O) groups excluding carboxylic acids is 2. The number of unbranched alkanes of at least 4 members (excludes halogenated alkanes) is 1. The van der Waals surface area contributed by atoms with Crippen LogP contribution in [0.1, 0.15) is 33.1 Å². The molecule has 0 aliphatic carbocycles. The van der Waals surface area contributed by atoms with Crippen LogP contribution in [0.2, 0.25) is 0 Å². The van der Waals surface area contributed by atoms with E-state index in [2.05, 4.69) is 24.5 Å².